The third-order valence-corrected chi connectivity index (χ3v) is 3.20. The summed E-state index contributed by atoms with van der Waals surface area (Å²) in [7, 11) is -0.837. The van der Waals surface area contributed by atoms with E-state index in [0.717, 1.165) is 12.3 Å². The summed E-state index contributed by atoms with van der Waals surface area (Å²) in [5.74, 6) is -0.551. The number of hydrogen-bond acceptors (Lipinski definition) is 8. The topological polar surface area (TPSA) is 147 Å². The zero-order valence-electron chi connectivity index (χ0n) is 11.8. The Labute approximate surface area is 128 Å². The Morgan fingerprint density at radius 3 is 2.77 bits per heavy atom. The fourth-order valence-corrected chi connectivity index (χ4v) is 2.12. The first-order chi connectivity index (χ1) is 10.5. The first-order valence-corrected chi connectivity index (χ1v) is 7.69. The molecule has 0 spiro atoms. The van der Waals surface area contributed by atoms with Crippen LogP contribution in [0, 0.1) is 0 Å². The number of amides is 2. The van der Waals surface area contributed by atoms with Crippen LogP contribution < -0.4 is 10.6 Å². The molecule has 4 atom stereocenters. The van der Waals surface area contributed by atoms with E-state index >= 15 is 0 Å². The van der Waals surface area contributed by atoms with Crippen molar-refractivity contribution in [1.29, 1.82) is 0 Å². The highest BCUT2D eigenvalue weighted by Crippen LogP contribution is 2.25. The molecule has 4 unspecified atom stereocenters. The number of methoxy groups -OCH3 is 1. The quantitative estimate of drug-likeness (QED) is 0.180. The summed E-state index contributed by atoms with van der Waals surface area (Å²) in [6, 6.07) is 0. The van der Waals surface area contributed by atoms with Crippen molar-refractivity contribution in [3.05, 3.63) is 12.3 Å². The molecule has 22 heavy (non-hydrogen) atoms. The SMILES string of the molecule is COC1C(NC(=O)/C=C\NC=O)OC(COCP(O)O)C1O. The Kier molecular flexibility index (Phi) is 8.43. The van der Waals surface area contributed by atoms with Gasteiger partial charge in [-0.05, 0) is 0 Å². The van der Waals surface area contributed by atoms with Crippen LogP contribution >= 0.6 is 8.38 Å². The number of aliphatic hydroxyl groups is 1. The Hall–Kier alpha value is -1.13. The van der Waals surface area contributed by atoms with Gasteiger partial charge in [0.15, 0.2) is 14.6 Å². The molecule has 0 aromatic carbocycles. The monoisotopic (exact) mass is 338 g/mol. The molecule has 0 radical (unpaired) electrons. The van der Waals surface area contributed by atoms with Crippen LogP contribution in [0.15, 0.2) is 12.3 Å². The molecule has 1 aliphatic rings. The van der Waals surface area contributed by atoms with Gasteiger partial charge in [0.1, 0.15) is 24.7 Å². The highest BCUT2D eigenvalue weighted by molar-refractivity contribution is 7.44. The summed E-state index contributed by atoms with van der Waals surface area (Å²) in [5.41, 5.74) is 0. The molecule has 0 aromatic rings. The van der Waals surface area contributed by atoms with E-state index in [-0.39, 0.29) is 13.0 Å². The number of rotatable bonds is 9. The Morgan fingerprint density at radius 1 is 1.45 bits per heavy atom. The molecule has 0 saturated carbocycles. The molecule has 0 aliphatic carbocycles. The second-order valence-electron chi connectivity index (χ2n) is 4.28. The van der Waals surface area contributed by atoms with Crippen molar-refractivity contribution in [1.82, 2.24) is 10.6 Å². The second-order valence-corrected chi connectivity index (χ2v) is 5.29. The normalized spacial score (nSPS) is 28.2. The highest BCUT2D eigenvalue weighted by atomic mass is 31.2. The lowest BCUT2D eigenvalue weighted by molar-refractivity contribution is -0.123. The van der Waals surface area contributed by atoms with Crippen LogP contribution in [-0.2, 0) is 23.8 Å². The standard InChI is InChI=1S/C11H19N2O8P/c1-19-10-9(16)7(4-20-6-22(17)18)21-11(10)13-8(15)2-3-12-5-14/h2-3,5,7,9-11,16-18H,4,6H2,1H3,(H,12,14)(H,13,15)/b3-2-. The van der Waals surface area contributed by atoms with E-state index in [1.807, 2.05) is 0 Å². The van der Waals surface area contributed by atoms with Crippen LogP contribution in [0.1, 0.15) is 0 Å². The number of ether oxygens (including phenoxy) is 3. The average Bonchev–Trinajstić information content (AvgIpc) is 2.74. The van der Waals surface area contributed by atoms with Crippen LogP contribution in [0.4, 0.5) is 0 Å². The van der Waals surface area contributed by atoms with Crippen molar-refractivity contribution >= 4 is 20.7 Å². The lowest BCUT2D eigenvalue weighted by Crippen LogP contribution is -2.44. The van der Waals surface area contributed by atoms with Gasteiger partial charge in [-0.15, -0.1) is 0 Å². The predicted octanol–water partition coefficient (Wildman–Crippen LogP) is -2.27. The van der Waals surface area contributed by atoms with Gasteiger partial charge in [-0.25, -0.2) is 0 Å². The molecule has 126 valence electrons. The van der Waals surface area contributed by atoms with Crippen molar-refractivity contribution in [2.75, 3.05) is 20.1 Å². The molecule has 1 fully saturated rings. The minimum absolute atomic E-state index is 0.0874. The van der Waals surface area contributed by atoms with E-state index in [2.05, 4.69) is 10.6 Å². The van der Waals surface area contributed by atoms with Crippen molar-refractivity contribution < 1.29 is 38.7 Å². The maximum Gasteiger partial charge on any atom is 0.247 e. The zero-order valence-corrected chi connectivity index (χ0v) is 12.7. The fourth-order valence-electron chi connectivity index (χ4n) is 1.86. The summed E-state index contributed by atoms with van der Waals surface area (Å²) in [4.78, 5) is 39.1. The minimum atomic E-state index is -2.19. The molecular weight excluding hydrogens is 319 g/mol. The molecule has 5 N–H and O–H groups in total. The van der Waals surface area contributed by atoms with Gasteiger partial charge in [0.05, 0.1) is 6.61 Å². The first kappa shape index (κ1) is 18.9. The molecule has 11 heteroatoms. The predicted molar refractivity (Wildman–Crippen MR) is 74.1 cm³/mol. The molecular formula is C11H19N2O8P. The Morgan fingerprint density at radius 2 is 2.18 bits per heavy atom. The highest BCUT2D eigenvalue weighted by Gasteiger charge is 2.44. The van der Waals surface area contributed by atoms with Crippen molar-refractivity contribution in [2.24, 2.45) is 0 Å². The Balaban J connectivity index is 2.52. The van der Waals surface area contributed by atoms with Crippen molar-refractivity contribution in [2.45, 2.75) is 24.5 Å². The van der Waals surface area contributed by atoms with Gasteiger partial charge in [0.2, 0.25) is 12.3 Å². The number of aliphatic hydroxyl groups excluding tert-OH is 1. The van der Waals surface area contributed by atoms with E-state index in [0.29, 0.717) is 6.41 Å². The molecule has 1 heterocycles. The van der Waals surface area contributed by atoms with Gasteiger partial charge in [0, 0.05) is 19.4 Å². The summed E-state index contributed by atoms with van der Waals surface area (Å²) < 4.78 is 15.5. The van der Waals surface area contributed by atoms with E-state index in [9.17, 15) is 14.7 Å². The van der Waals surface area contributed by atoms with Crippen LogP contribution in [0.3, 0.4) is 0 Å². The van der Waals surface area contributed by atoms with Crippen LogP contribution in [0.5, 0.6) is 0 Å². The number of carbonyl (C=O) groups is 2. The largest absolute Gasteiger partial charge is 0.387 e. The number of hydrogen-bond donors (Lipinski definition) is 5. The summed E-state index contributed by atoms with van der Waals surface area (Å²) >= 11 is 0. The van der Waals surface area contributed by atoms with Crippen molar-refractivity contribution in [3.8, 4) is 0 Å². The molecule has 1 saturated heterocycles. The maximum atomic E-state index is 11.6. The summed E-state index contributed by atoms with van der Waals surface area (Å²) in [6.07, 6.45) is -1.22. The minimum Gasteiger partial charge on any atom is -0.387 e. The fraction of sp³-hybridized carbons (Fsp3) is 0.636. The lowest BCUT2D eigenvalue weighted by Gasteiger charge is -2.18. The third-order valence-electron chi connectivity index (χ3n) is 2.78. The maximum absolute atomic E-state index is 11.6. The smallest absolute Gasteiger partial charge is 0.247 e. The third kappa shape index (κ3) is 5.93. The van der Waals surface area contributed by atoms with Crippen LogP contribution in [0.25, 0.3) is 0 Å². The van der Waals surface area contributed by atoms with Gasteiger partial charge in [-0.2, -0.15) is 0 Å². The number of nitrogens with one attached hydrogen (secondary N) is 2. The van der Waals surface area contributed by atoms with Gasteiger partial charge < -0.3 is 39.7 Å². The van der Waals surface area contributed by atoms with E-state index in [4.69, 9.17) is 24.0 Å². The molecule has 10 nitrogen and oxygen atoms in total. The van der Waals surface area contributed by atoms with Crippen molar-refractivity contribution in [3.63, 3.8) is 0 Å². The zero-order chi connectivity index (χ0) is 16.5. The second kappa shape index (κ2) is 9.80. The average molecular weight is 338 g/mol. The number of carbonyl (C=O) groups excluding carboxylic acids is 2. The first-order valence-electron chi connectivity index (χ1n) is 6.25. The molecule has 0 bridgehead atoms. The van der Waals surface area contributed by atoms with Crippen LogP contribution in [-0.4, -0.2) is 71.8 Å². The van der Waals surface area contributed by atoms with Gasteiger partial charge in [0.25, 0.3) is 0 Å². The van der Waals surface area contributed by atoms with Gasteiger partial charge in [-0.3, -0.25) is 9.59 Å². The van der Waals surface area contributed by atoms with Gasteiger partial charge in [-0.1, -0.05) is 0 Å². The van der Waals surface area contributed by atoms with E-state index < -0.39 is 38.8 Å². The van der Waals surface area contributed by atoms with Gasteiger partial charge >= 0.3 is 0 Å². The summed E-state index contributed by atoms with van der Waals surface area (Å²) in [5, 5.41) is 14.7. The molecule has 1 aliphatic heterocycles. The Bertz CT molecular complexity index is 394. The molecule has 1 rings (SSSR count). The molecule has 0 aromatic heterocycles. The van der Waals surface area contributed by atoms with E-state index in [1.54, 1.807) is 0 Å². The molecule has 2 amide bonds. The van der Waals surface area contributed by atoms with E-state index in [1.165, 1.54) is 7.11 Å². The lowest BCUT2D eigenvalue weighted by atomic mass is 10.1. The summed E-state index contributed by atoms with van der Waals surface area (Å²) in [6.45, 7) is -0.0874. The van der Waals surface area contributed by atoms with Crippen LogP contribution in [0.2, 0.25) is 0 Å².